The Morgan fingerprint density at radius 3 is 2.55 bits per heavy atom. The minimum Gasteiger partial charge on any atom is -0.380 e. The first kappa shape index (κ1) is 15.0. The van der Waals surface area contributed by atoms with Crippen LogP contribution >= 0.6 is 0 Å². The van der Waals surface area contributed by atoms with Gasteiger partial charge in [-0.15, -0.1) is 0 Å². The van der Waals surface area contributed by atoms with Crippen LogP contribution < -0.4 is 5.73 Å². The number of amides is 1. The minimum atomic E-state index is -0.158. The van der Waals surface area contributed by atoms with Crippen molar-refractivity contribution in [2.75, 3.05) is 26.7 Å². The van der Waals surface area contributed by atoms with E-state index < -0.39 is 0 Å². The molecule has 0 bridgehead atoms. The summed E-state index contributed by atoms with van der Waals surface area (Å²) in [6.07, 6.45) is 2.31. The lowest BCUT2D eigenvalue weighted by Crippen LogP contribution is -2.40. The van der Waals surface area contributed by atoms with Crippen molar-refractivity contribution >= 4 is 5.91 Å². The summed E-state index contributed by atoms with van der Waals surface area (Å²) in [6, 6.07) is 10.6. The van der Waals surface area contributed by atoms with E-state index in [1.54, 1.807) is 7.11 Å². The van der Waals surface area contributed by atoms with E-state index in [1.807, 2.05) is 11.0 Å². The van der Waals surface area contributed by atoms with Gasteiger partial charge in [0.15, 0.2) is 0 Å². The van der Waals surface area contributed by atoms with Crippen LogP contribution in [-0.2, 0) is 9.53 Å². The molecule has 1 atom stereocenters. The Morgan fingerprint density at radius 1 is 1.35 bits per heavy atom. The van der Waals surface area contributed by atoms with Gasteiger partial charge in [-0.2, -0.15) is 0 Å². The first-order chi connectivity index (χ1) is 9.74. The van der Waals surface area contributed by atoms with Crippen LogP contribution in [0.25, 0.3) is 0 Å². The summed E-state index contributed by atoms with van der Waals surface area (Å²) in [5.74, 6) is 0.738. The van der Waals surface area contributed by atoms with Gasteiger partial charge in [0.2, 0.25) is 5.91 Å². The first-order valence-corrected chi connectivity index (χ1v) is 7.30. The van der Waals surface area contributed by atoms with Gasteiger partial charge in [-0.1, -0.05) is 30.3 Å². The molecule has 0 aliphatic carbocycles. The Labute approximate surface area is 120 Å². The average Bonchev–Trinajstić information content (AvgIpc) is 2.53. The second-order valence-corrected chi connectivity index (χ2v) is 5.36. The van der Waals surface area contributed by atoms with Gasteiger partial charge in [0.05, 0.1) is 12.5 Å². The molecule has 4 nitrogen and oxygen atoms in total. The summed E-state index contributed by atoms with van der Waals surface area (Å²) < 4.78 is 5.18. The molecule has 2 N–H and O–H groups in total. The van der Waals surface area contributed by atoms with Gasteiger partial charge < -0.3 is 15.4 Å². The van der Waals surface area contributed by atoms with E-state index in [-0.39, 0.29) is 12.0 Å². The number of methoxy groups -OCH3 is 1. The fraction of sp³-hybridized carbons (Fsp3) is 0.562. The van der Waals surface area contributed by atoms with Crippen molar-refractivity contribution < 1.29 is 9.53 Å². The molecular weight excluding hydrogens is 252 g/mol. The maximum Gasteiger partial charge on any atom is 0.225 e. The highest BCUT2D eigenvalue weighted by molar-refractivity contribution is 5.76. The van der Waals surface area contributed by atoms with Gasteiger partial charge in [0, 0.05) is 26.7 Å². The fourth-order valence-electron chi connectivity index (χ4n) is 2.77. The number of nitrogens with two attached hydrogens (primary N) is 1. The molecule has 1 heterocycles. The number of rotatable bonds is 5. The van der Waals surface area contributed by atoms with Crippen molar-refractivity contribution in [2.24, 2.45) is 5.73 Å². The Bertz CT molecular complexity index is 410. The molecule has 1 saturated heterocycles. The van der Waals surface area contributed by atoms with Gasteiger partial charge in [0.1, 0.15) is 0 Å². The van der Waals surface area contributed by atoms with Crippen molar-refractivity contribution in [2.45, 2.75) is 31.3 Å². The van der Waals surface area contributed by atoms with Crippen molar-refractivity contribution in [3.05, 3.63) is 35.9 Å². The van der Waals surface area contributed by atoms with Gasteiger partial charge in [-0.25, -0.2) is 0 Å². The Morgan fingerprint density at radius 2 is 2.00 bits per heavy atom. The molecule has 1 aliphatic heterocycles. The fourth-order valence-corrected chi connectivity index (χ4v) is 2.77. The molecular formula is C16H24N2O2. The molecule has 20 heavy (non-hydrogen) atoms. The van der Waals surface area contributed by atoms with E-state index in [0.717, 1.165) is 25.9 Å². The number of piperidine rings is 1. The largest absolute Gasteiger partial charge is 0.380 e. The van der Waals surface area contributed by atoms with Gasteiger partial charge in [-0.3, -0.25) is 4.79 Å². The molecule has 1 aliphatic rings. The SMILES string of the molecule is COC(CN)CC(=O)N1CCC(c2ccccc2)CC1. The summed E-state index contributed by atoms with van der Waals surface area (Å²) in [5.41, 5.74) is 6.95. The molecule has 110 valence electrons. The maximum absolute atomic E-state index is 12.2. The smallest absolute Gasteiger partial charge is 0.225 e. The third kappa shape index (κ3) is 3.81. The lowest BCUT2D eigenvalue weighted by Gasteiger charge is -2.33. The zero-order valence-electron chi connectivity index (χ0n) is 12.1. The monoisotopic (exact) mass is 276 g/mol. The van der Waals surface area contributed by atoms with Crippen molar-refractivity contribution in [3.63, 3.8) is 0 Å². The standard InChI is InChI=1S/C16H24N2O2/c1-20-15(12-17)11-16(19)18-9-7-14(8-10-18)13-5-3-2-4-6-13/h2-6,14-15H,7-12,17H2,1H3. The molecule has 0 saturated carbocycles. The zero-order valence-corrected chi connectivity index (χ0v) is 12.1. The van der Waals surface area contributed by atoms with E-state index >= 15 is 0 Å². The van der Waals surface area contributed by atoms with Crippen LogP contribution in [0.1, 0.15) is 30.7 Å². The van der Waals surface area contributed by atoms with Crippen LogP contribution in [0, 0.1) is 0 Å². The van der Waals surface area contributed by atoms with E-state index in [9.17, 15) is 4.79 Å². The summed E-state index contributed by atoms with van der Waals surface area (Å²) in [6.45, 7) is 2.06. The molecule has 0 radical (unpaired) electrons. The molecule has 1 amide bonds. The Hall–Kier alpha value is -1.39. The number of carbonyl (C=O) groups is 1. The maximum atomic E-state index is 12.2. The van der Waals surface area contributed by atoms with E-state index in [2.05, 4.69) is 24.3 Å². The number of nitrogens with zero attached hydrogens (tertiary/aromatic N) is 1. The quantitative estimate of drug-likeness (QED) is 0.891. The molecule has 1 aromatic carbocycles. The number of hydrogen-bond donors (Lipinski definition) is 1. The Kier molecular flexibility index (Phi) is 5.56. The van der Waals surface area contributed by atoms with Crippen LogP contribution in [0.15, 0.2) is 30.3 Å². The summed E-state index contributed by atoms with van der Waals surface area (Å²) in [7, 11) is 1.60. The summed E-state index contributed by atoms with van der Waals surface area (Å²) in [4.78, 5) is 14.1. The van der Waals surface area contributed by atoms with Crippen molar-refractivity contribution in [3.8, 4) is 0 Å². The number of hydrogen-bond acceptors (Lipinski definition) is 3. The molecule has 0 aromatic heterocycles. The molecule has 0 spiro atoms. The highest BCUT2D eigenvalue weighted by Crippen LogP contribution is 2.28. The molecule has 2 rings (SSSR count). The summed E-state index contributed by atoms with van der Waals surface area (Å²) in [5, 5.41) is 0. The highest BCUT2D eigenvalue weighted by atomic mass is 16.5. The van der Waals surface area contributed by atoms with Crippen LogP contribution in [0.5, 0.6) is 0 Å². The second kappa shape index (κ2) is 7.41. The van der Waals surface area contributed by atoms with Gasteiger partial charge in [-0.05, 0) is 24.3 Å². The molecule has 1 aromatic rings. The predicted molar refractivity (Wildman–Crippen MR) is 79.5 cm³/mol. The van der Waals surface area contributed by atoms with Crippen LogP contribution in [0.4, 0.5) is 0 Å². The molecule has 1 fully saturated rings. The van der Waals surface area contributed by atoms with E-state index in [0.29, 0.717) is 18.9 Å². The van der Waals surface area contributed by atoms with Gasteiger partial charge in [0.25, 0.3) is 0 Å². The molecule has 4 heteroatoms. The van der Waals surface area contributed by atoms with E-state index in [4.69, 9.17) is 10.5 Å². The van der Waals surface area contributed by atoms with E-state index in [1.165, 1.54) is 5.56 Å². The second-order valence-electron chi connectivity index (χ2n) is 5.36. The molecule has 1 unspecified atom stereocenters. The topological polar surface area (TPSA) is 55.6 Å². The van der Waals surface area contributed by atoms with Crippen molar-refractivity contribution in [1.29, 1.82) is 0 Å². The number of benzene rings is 1. The average molecular weight is 276 g/mol. The minimum absolute atomic E-state index is 0.158. The number of carbonyl (C=O) groups excluding carboxylic acids is 1. The lowest BCUT2D eigenvalue weighted by molar-refractivity contribution is -0.134. The number of likely N-dealkylation sites (tertiary alicyclic amines) is 1. The predicted octanol–water partition coefficient (Wildman–Crippen LogP) is 1.76. The third-order valence-corrected chi connectivity index (χ3v) is 4.12. The van der Waals surface area contributed by atoms with Crippen LogP contribution in [0.3, 0.4) is 0 Å². The summed E-state index contributed by atoms with van der Waals surface area (Å²) >= 11 is 0. The lowest BCUT2D eigenvalue weighted by atomic mass is 9.89. The van der Waals surface area contributed by atoms with Crippen molar-refractivity contribution in [1.82, 2.24) is 4.90 Å². The van der Waals surface area contributed by atoms with Crippen LogP contribution in [0.2, 0.25) is 0 Å². The zero-order chi connectivity index (χ0) is 14.4. The first-order valence-electron chi connectivity index (χ1n) is 7.30. The normalized spacial score (nSPS) is 18.0. The third-order valence-electron chi connectivity index (χ3n) is 4.12. The highest BCUT2D eigenvalue weighted by Gasteiger charge is 2.25. The number of ether oxygens (including phenoxy) is 1. The van der Waals surface area contributed by atoms with Gasteiger partial charge >= 0.3 is 0 Å². The van der Waals surface area contributed by atoms with Crippen LogP contribution in [-0.4, -0.2) is 43.7 Å². The Balaban J connectivity index is 1.83.